The average Bonchev–Trinajstić information content (AvgIpc) is 2.20. The number of hydrogen-bond donors (Lipinski definition) is 1. The molecule has 0 radical (unpaired) electrons. The highest BCUT2D eigenvalue weighted by Gasteiger charge is 2.13. The molecule has 0 amide bonds. The van der Waals surface area contributed by atoms with Gasteiger partial charge in [-0.2, -0.15) is 0 Å². The molecule has 0 saturated carbocycles. The van der Waals surface area contributed by atoms with Crippen molar-refractivity contribution in [2.24, 2.45) is 5.73 Å². The van der Waals surface area contributed by atoms with Crippen molar-refractivity contribution in [1.82, 2.24) is 0 Å². The van der Waals surface area contributed by atoms with Gasteiger partial charge in [0.2, 0.25) is 0 Å². The Bertz CT molecular complexity index is 479. The molecule has 0 aliphatic heterocycles. The Balaban J connectivity index is 2.78. The predicted molar refractivity (Wildman–Crippen MR) is 59.5 cm³/mol. The first-order valence-corrected chi connectivity index (χ1v) is 6.88. The largest absolute Gasteiger partial charge is 0.487 e. The highest BCUT2D eigenvalue weighted by Crippen LogP contribution is 2.23. The molecule has 1 aromatic carbocycles. The van der Waals surface area contributed by atoms with E-state index in [1.165, 1.54) is 0 Å². The Labute approximate surface area is 98.3 Å². The summed E-state index contributed by atoms with van der Waals surface area (Å²) < 4.78 is 53.1. The molecule has 0 saturated heterocycles. The number of sulfone groups is 1. The molecule has 96 valence electrons. The first kappa shape index (κ1) is 13.9. The minimum atomic E-state index is -3.22. The molecule has 2 N–H and O–H groups in total. The molecule has 7 heteroatoms. The van der Waals surface area contributed by atoms with Crippen molar-refractivity contribution >= 4 is 9.84 Å². The fourth-order valence-electron chi connectivity index (χ4n) is 1.16. The molecule has 0 aromatic heterocycles. The Morgan fingerprint density at radius 2 is 1.82 bits per heavy atom. The van der Waals surface area contributed by atoms with Crippen LogP contribution in [-0.4, -0.2) is 27.0 Å². The van der Waals surface area contributed by atoms with Crippen LogP contribution in [0.2, 0.25) is 0 Å². The SMILES string of the molecule is CS(=O)(=O)CCOc1c(F)cc(CN)cc1F. The van der Waals surface area contributed by atoms with Gasteiger partial charge in [0.1, 0.15) is 6.61 Å². The van der Waals surface area contributed by atoms with E-state index in [9.17, 15) is 17.2 Å². The van der Waals surface area contributed by atoms with Gasteiger partial charge in [0.15, 0.2) is 27.2 Å². The summed E-state index contributed by atoms with van der Waals surface area (Å²) in [5.41, 5.74) is 5.54. The van der Waals surface area contributed by atoms with Gasteiger partial charge in [-0.1, -0.05) is 0 Å². The third-order valence-electron chi connectivity index (χ3n) is 1.99. The second-order valence-electron chi connectivity index (χ2n) is 3.57. The van der Waals surface area contributed by atoms with Crippen LogP contribution in [0.15, 0.2) is 12.1 Å². The van der Waals surface area contributed by atoms with Gasteiger partial charge in [0.05, 0.1) is 5.75 Å². The van der Waals surface area contributed by atoms with Crippen molar-refractivity contribution in [3.63, 3.8) is 0 Å². The number of benzene rings is 1. The van der Waals surface area contributed by atoms with Crippen LogP contribution in [0.4, 0.5) is 8.78 Å². The molecular formula is C10H13F2NO3S. The number of hydrogen-bond acceptors (Lipinski definition) is 4. The van der Waals surface area contributed by atoms with E-state index in [0.29, 0.717) is 5.56 Å². The van der Waals surface area contributed by atoms with Crippen LogP contribution < -0.4 is 10.5 Å². The van der Waals surface area contributed by atoms with Gasteiger partial charge in [0, 0.05) is 12.8 Å². The lowest BCUT2D eigenvalue weighted by Crippen LogP contribution is -2.13. The average molecular weight is 265 g/mol. The zero-order valence-electron chi connectivity index (χ0n) is 9.24. The number of rotatable bonds is 5. The molecule has 1 rings (SSSR count). The van der Waals surface area contributed by atoms with Crippen LogP contribution in [0.5, 0.6) is 5.75 Å². The van der Waals surface area contributed by atoms with Crippen LogP contribution in [0.25, 0.3) is 0 Å². The van der Waals surface area contributed by atoms with Crippen molar-refractivity contribution < 1.29 is 21.9 Å². The van der Waals surface area contributed by atoms with E-state index in [1.807, 2.05) is 0 Å². The smallest absolute Gasteiger partial charge is 0.190 e. The lowest BCUT2D eigenvalue weighted by atomic mass is 10.2. The van der Waals surface area contributed by atoms with Crippen LogP contribution in [0.1, 0.15) is 5.56 Å². The minimum Gasteiger partial charge on any atom is -0.487 e. The summed E-state index contributed by atoms with van der Waals surface area (Å²) in [4.78, 5) is 0. The fraction of sp³-hybridized carbons (Fsp3) is 0.400. The van der Waals surface area contributed by atoms with E-state index in [1.54, 1.807) is 0 Å². The maximum Gasteiger partial charge on any atom is 0.190 e. The van der Waals surface area contributed by atoms with E-state index in [-0.39, 0.29) is 18.9 Å². The van der Waals surface area contributed by atoms with Crippen LogP contribution in [-0.2, 0) is 16.4 Å². The standard InChI is InChI=1S/C10H13F2NO3S/c1-17(14,15)3-2-16-10-8(11)4-7(6-13)5-9(10)12/h4-5H,2-3,6,13H2,1H3. The van der Waals surface area contributed by atoms with E-state index in [2.05, 4.69) is 0 Å². The van der Waals surface area contributed by atoms with Crippen molar-refractivity contribution in [3.8, 4) is 5.75 Å². The van der Waals surface area contributed by atoms with Gasteiger partial charge in [-0.05, 0) is 17.7 Å². The number of ether oxygens (including phenoxy) is 1. The molecule has 0 heterocycles. The van der Waals surface area contributed by atoms with Gasteiger partial charge in [0.25, 0.3) is 0 Å². The summed E-state index contributed by atoms with van der Waals surface area (Å²) >= 11 is 0. The summed E-state index contributed by atoms with van der Waals surface area (Å²) in [5.74, 6) is -2.66. The Morgan fingerprint density at radius 1 is 1.29 bits per heavy atom. The van der Waals surface area contributed by atoms with Crippen LogP contribution in [0.3, 0.4) is 0 Å². The fourth-order valence-corrected chi connectivity index (χ4v) is 1.55. The number of nitrogens with two attached hydrogens (primary N) is 1. The van der Waals surface area contributed by atoms with Crippen molar-refractivity contribution in [3.05, 3.63) is 29.3 Å². The van der Waals surface area contributed by atoms with Gasteiger partial charge in [-0.15, -0.1) is 0 Å². The summed E-state index contributed by atoms with van der Waals surface area (Å²) in [7, 11) is -3.22. The second-order valence-corrected chi connectivity index (χ2v) is 5.83. The zero-order chi connectivity index (χ0) is 13.1. The first-order chi connectivity index (χ1) is 7.83. The van der Waals surface area contributed by atoms with Crippen LogP contribution in [0, 0.1) is 11.6 Å². The summed E-state index contributed by atoms with van der Waals surface area (Å²) in [6.07, 6.45) is 1.01. The maximum absolute atomic E-state index is 13.3. The molecule has 0 fully saturated rings. The summed E-state index contributed by atoms with van der Waals surface area (Å²) in [6, 6.07) is 2.11. The molecular weight excluding hydrogens is 252 g/mol. The molecule has 4 nitrogen and oxygen atoms in total. The van der Waals surface area contributed by atoms with Crippen molar-refractivity contribution in [1.29, 1.82) is 0 Å². The summed E-state index contributed by atoms with van der Waals surface area (Å²) in [5, 5.41) is 0. The molecule has 0 spiro atoms. The first-order valence-electron chi connectivity index (χ1n) is 4.82. The van der Waals surface area contributed by atoms with Gasteiger partial charge in [-0.3, -0.25) is 0 Å². The second kappa shape index (κ2) is 5.42. The quantitative estimate of drug-likeness (QED) is 0.856. The van der Waals surface area contributed by atoms with Gasteiger partial charge >= 0.3 is 0 Å². The molecule has 1 aromatic rings. The van der Waals surface area contributed by atoms with E-state index in [4.69, 9.17) is 10.5 Å². The van der Waals surface area contributed by atoms with E-state index < -0.39 is 27.2 Å². The Kier molecular flexibility index (Phi) is 4.41. The van der Waals surface area contributed by atoms with Gasteiger partial charge < -0.3 is 10.5 Å². The third kappa shape index (κ3) is 4.27. The highest BCUT2D eigenvalue weighted by molar-refractivity contribution is 7.90. The van der Waals surface area contributed by atoms with E-state index >= 15 is 0 Å². The zero-order valence-corrected chi connectivity index (χ0v) is 10.1. The Morgan fingerprint density at radius 3 is 2.24 bits per heavy atom. The monoisotopic (exact) mass is 265 g/mol. The number of halogens is 2. The molecule has 0 aliphatic rings. The van der Waals surface area contributed by atoms with E-state index in [0.717, 1.165) is 18.4 Å². The maximum atomic E-state index is 13.3. The predicted octanol–water partition coefficient (Wildman–Crippen LogP) is 0.847. The van der Waals surface area contributed by atoms with Gasteiger partial charge in [-0.25, -0.2) is 17.2 Å². The lowest BCUT2D eigenvalue weighted by molar-refractivity contribution is 0.303. The van der Waals surface area contributed by atoms with Crippen LogP contribution >= 0.6 is 0 Å². The molecule has 0 atom stereocenters. The lowest BCUT2D eigenvalue weighted by Gasteiger charge is -2.09. The van der Waals surface area contributed by atoms with Crippen molar-refractivity contribution in [2.45, 2.75) is 6.54 Å². The topological polar surface area (TPSA) is 69.4 Å². The third-order valence-corrected chi connectivity index (χ3v) is 2.90. The normalized spacial score (nSPS) is 11.5. The minimum absolute atomic E-state index is 0.0114. The molecule has 0 bridgehead atoms. The van der Waals surface area contributed by atoms with Crippen molar-refractivity contribution in [2.75, 3.05) is 18.6 Å². The molecule has 0 unspecified atom stereocenters. The Hall–Kier alpha value is -1.21. The molecule has 0 aliphatic carbocycles. The highest BCUT2D eigenvalue weighted by atomic mass is 32.2. The molecule has 17 heavy (non-hydrogen) atoms. The summed E-state index contributed by atoms with van der Waals surface area (Å²) in [6.45, 7) is -0.286.